The molecule has 0 fully saturated rings. The number of hydrazone groups is 1. The summed E-state index contributed by atoms with van der Waals surface area (Å²) in [6.07, 6.45) is 0. The quantitative estimate of drug-likeness (QED) is 0.479. The van der Waals surface area contributed by atoms with Crippen LogP contribution >= 0.6 is 34.8 Å². The molecule has 0 aromatic heterocycles. The Kier molecular flexibility index (Phi) is 4.99. The Morgan fingerprint density at radius 2 is 1.76 bits per heavy atom. The van der Waals surface area contributed by atoms with Gasteiger partial charge in [0.25, 0.3) is 0 Å². The molecule has 0 spiro atoms. The Balaban J connectivity index is 2.33. The third kappa shape index (κ3) is 3.82. The smallest absolute Gasteiger partial charge is 0.0672 e. The second kappa shape index (κ2) is 6.56. The monoisotopic (exact) mass is 341 g/mol. The Hall–Kier alpha value is -1.42. The minimum atomic E-state index is 0.483. The molecule has 0 radical (unpaired) electrons. The van der Waals surface area contributed by atoms with E-state index in [4.69, 9.17) is 40.5 Å². The van der Waals surface area contributed by atoms with Crippen LogP contribution in [-0.4, -0.2) is 12.8 Å². The second-order valence-electron chi connectivity index (χ2n) is 4.54. The van der Waals surface area contributed by atoms with Crippen LogP contribution in [0.1, 0.15) is 12.5 Å². The molecule has 2 aromatic rings. The summed E-state index contributed by atoms with van der Waals surface area (Å²) >= 11 is 17.9. The van der Waals surface area contributed by atoms with E-state index in [0.29, 0.717) is 20.8 Å². The van der Waals surface area contributed by atoms with Crippen LogP contribution < -0.4 is 10.7 Å². The van der Waals surface area contributed by atoms with Gasteiger partial charge in [-0.3, -0.25) is 5.01 Å². The number of rotatable bonds is 3. The minimum Gasteiger partial charge on any atom is -0.398 e. The fraction of sp³-hybridized carbons (Fsp3) is 0.133. The zero-order valence-electron chi connectivity index (χ0n) is 11.6. The van der Waals surface area contributed by atoms with E-state index >= 15 is 0 Å². The Morgan fingerprint density at radius 1 is 1.05 bits per heavy atom. The van der Waals surface area contributed by atoms with Gasteiger partial charge in [0.05, 0.1) is 21.4 Å². The van der Waals surface area contributed by atoms with E-state index in [9.17, 15) is 0 Å². The molecule has 0 aliphatic rings. The van der Waals surface area contributed by atoms with E-state index in [1.807, 2.05) is 20.0 Å². The first kappa shape index (κ1) is 16.0. The van der Waals surface area contributed by atoms with Crippen molar-refractivity contribution in [2.24, 2.45) is 5.10 Å². The van der Waals surface area contributed by atoms with Gasteiger partial charge >= 0.3 is 0 Å². The Labute approximate surface area is 138 Å². The van der Waals surface area contributed by atoms with E-state index in [1.165, 1.54) is 0 Å². The lowest BCUT2D eigenvalue weighted by Gasteiger charge is -2.16. The zero-order valence-corrected chi connectivity index (χ0v) is 13.8. The summed E-state index contributed by atoms with van der Waals surface area (Å²) < 4.78 is 0. The maximum Gasteiger partial charge on any atom is 0.0672 e. The first-order chi connectivity index (χ1) is 9.88. The molecule has 0 unspecified atom stereocenters. The molecule has 2 aromatic carbocycles. The summed E-state index contributed by atoms with van der Waals surface area (Å²) in [5, 5.41) is 7.81. The highest BCUT2D eigenvalue weighted by Crippen LogP contribution is 2.27. The third-order valence-electron chi connectivity index (χ3n) is 2.98. The van der Waals surface area contributed by atoms with Crippen molar-refractivity contribution in [1.29, 1.82) is 0 Å². The lowest BCUT2D eigenvalue weighted by atomic mass is 10.1. The number of benzene rings is 2. The van der Waals surface area contributed by atoms with Crippen LogP contribution in [0.25, 0.3) is 0 Å². The molecule has 2 rings (SSSR count). The third-order valence-corrected chi connectivity index (χ3v) is 3.96. The molecule has 0 heterocycles. The van der Waals surface area contributed by atoms with E-state index in [-0.39, 0.29) is 0 Å². The topological polar surface area (TPSA) is 41.6 Å². The first-order valence-electron chi connectivity index (χ1n) is 6.18. The van der Waals surface area contributed by atoms with E-state index in [1.54, 1.807) is 35.3 Å². The summed E-state index contributed by atoms with van der Waals surface area (Å²) in [7, 11) is 1.82. The van der Waals surface area contributed by atoms with Crippen LogP contribution in [0.4, 0.5) is 11.4 Å². The molecule has 0 amide bonds. The number of nitrogen functional groups attached to an aromatic ring is 1. The molecule has 0 saturated carbocycles. The average molecular weight is 343 g/mol. The molecule has 110 valence electrons. The maximum absolute atomic E-state index is 6.01. The van der Waals surface area contributed by atoms with E-state index in [0.717, 1.165) is 17.0 Å². The van der Waals surface area contributed by atoms with Crippen molar-refractivity contribution in [3.05, 3.63) is 57.0 Å². The molecule has 3 nitrogen and oxygen atoms in total. The van der Waals surface area contributed by atoms with Gasteiger partial charge in [-0.2, -0.15) is 5.10 Å². The molecule has 0 saturated heterocycles. The molecule has 6 heteroatoms. The number of hydrogen-bond acceptors (Lipinski definition) is 3. The van der Waals surface area contributed by atoms with Crippen LogP contribution in [0, 0.1) is 0 Å². The standard InChI is InChI=1S/C15H14Cl3N3/c1-9(12-7-10(16)3-6-15(12)19)20-21(2)11-4-5-13(17)14(18)8-11/h3-8H,19H2,1-2H3/b20-9+. The van der Waals surface area contributed by atoms with Crippen molar-refractivity contribution in [2.45, 2.75) is 6.92 Å². The van der Waals surface area contributed by atoms with Gasteiger partial charge in [-0.1, -0.05) is 34.8 Å². The van der Waals surface area contributed by atoms with Gasteiger partial charge in [0.1, 0.15) is 0 Å². The van der Waals surface area contributed by atoms with Crippen LogP contribution in [0.5, 0.6) is 0 Å². The average Bonchev–Trinajstić information content (AvgIpc) is 2.44. The molecular formula is C15H14Cl3N3. The van der Waals surface area contributed by atoms with Crippen molar-refractivity contribution in [3.63, 3.8) is 0 Å². The molecule has 0 aliphatic carbocycles. The van der Waals surface area contributed by atoms with Crippen molar-refractivity contribution in [2.75, 3.05) is 17.8 Å². The number of nitrogens with zero attached hydrogens (tertiary/aromatic N) is 2. The lowest BCUT2D eigenvalue weighted by molar-refractivity contribution is 1.01. The van der Waals surface area contributed by atoms with Gasteiger partial charge in [0.15, 0.2) is 0 Å². The van der Waals surface area contributed by atoms with Crippen LogP contribution in [0.2, 0.25) is 15.1 Å². The van der Waals surface area contributed by atoms with Gasteiger partial charge < -0.3 is 5.73 Å². The van der Waals surface area contributed by atoms with Crippen molar-refractivity contribution in [3.8, 4) is 0 Å². The minimum absolute atomic E-state index is 0.483. The Morgan fingerprint density at radius 3 is 2.43 bits per heavy atom. The fourth-order valence-electron chi connectivity index (χ4n) is 1.86. The summed E-state index contributed by atoms with van der Waals surface area (Å²) in [6.45, 7) is 1.87. The molecule has 0 bridgehead atoms. The highest BCUT2D eigenvalue weighted by Gasteiger charge is 2.07. The molecule has 2 N–H and O–H groups in total. The van der Waals surface area contributed by atoms with E-state index in [2.05, 4.69) is 5.10 Å². The number of halogens is 3. The predicted octanol–water partition coefficient (Wildman–Crippen LogP) is 5.09. The normalized spacial score (nSPS) is 11.6. The molecule has 0 atom stereocenters. The Bertz CT molecular complexity index is 699. The highest BCUT2D eigenvalue weighted by atomic mass is 35.5. The van der Waals surface area contributed by atoms with Crippen LogP contribution in [-0.2, 0) is 0 Å². The number of anilines is 2. The zero-order chi connectivity index (χ0) is 15.6. The molecular weight excluding hydrogens is 329 g/mol. The van der Waals surface area contributed by atoms with Crippen LogP contribution in [0.15, 0.2) is 41.5 Å². The lowest BCUT2D eigenvalue weighted by Crippen LogP contribution is -2.13. The molecule has 21 heavy (non-hydrogen) atoms. The van der Waals surface area contributed by atoms with Gasteiger partial charge in [-0.05, 0) is 43.3 Å². The van der Waals surface area contributed by atoms with Crippen molar-refractivity contribution < 1.29 is 0 Å². The second-order valence-corrected chi connectivity index (χ2v) is 5.79. The predicted molar refractivity (Wildman–Crippen MR) is 92.9 cm³/mol. The number of nitrogens with two attached hydrogens (primary N) is 1. The SMILES string of the molecule is C/C(=N\N(C)c1ccc(Cl)c(Cl)c1)c1cc(Cl)ccc1N. The van der Waals surface area contributed by atoms with Gasteiger partial charge in [-0.25, -0.2) is 0 Å². The summed E-state index contributed by atoms with van der Waals surface area (Å²) in [6, 6.07) is 10.6. The highest BCUT2D eigenvalue weighted by molar-refractivity contribution is 6.42. The largest absolute Gasteiger partial charge is 0.398 e. The van der Waals surface area contributed by atoms with Crippen LogP contribution in [0.3, 0.4) is 0 Å². The number of hydrogen-bond donors (Lipinski definition) is 1. The van der Waals surface area contributed by atoms with Crippen molar-refractivity contribution >= 4 is 51.9 Å². The summed E-state index contributed by atoms with van der Waals surface area (Å²) in [5.74, 6) is 0. The van der Waals surface area contributed by atoms with Gasteiger partial charge in [0, 0.05) is 23.3 Å². The fourth-order valence-corrected chi connectivity index (χ4v) is 2.33. The molecule has 0 aliphatic heterocycles. The summed E-state index contributed by atoms with van der Waals surface area (Å²) in [4.78, 5) is 0. The van der Waals surface area contributed by atoms with Crippen molar-refractivity contribution in [1.82, 2.24) is 0 Å². The summed E-state index contributed by atoms with van der Waals surface area (Å²) in [5.41, 5.74) is 8.96. The van der Waals surface area contributed by atoms with Gasteiger partial charge in [-0.15, -0.1) is 0 Å². The first-order valence-corrected chi connectivity index (χ1v) is 7.31. The van der Waals surface area contributed by atoms with E-state index < -0.39 is 0 Å². The maximum atomic E-state index is 6.01. The van der Waals surface area contributed by atoms with Gasteiger partial charge in [0.2, 0.25) is 0 Å².